The van der Waals surface area contributed by atoms with Crippen LogP contribution in [0.15, 0.2) is 53.5 Å². The molecule has 1 saturated carbocycles. The third-order valence-corrected chi connectivity index (χ3v) is 5.25. The quantitative estimate of drug-likeness (QED) is 0.761. The van der Waals surface area contributed by atoms with E-state index in [1.54, 1.807) is 35.9 Å². The molecule has 1 aromatic carbocycles. The van der Waals surface area contributed by atoms with Gasteiger partial charge in [0, 0.05) is 23.3 Å². The third-order valence-electron chi connectivity index (χ3n) is 4.57. The van der Waals surface area contributed by atoms with Gasteiger partial charge in [-0.15, -0.1) is 0 Å². The average molecular weight is 353 g/mol. The number of thiophene rings is 1. The fraction of sp³-hybridized carbons (Fsp3) is 0.211. The molecule has 2 heterocycles. The lowest BCUT2D eigenvalue weighted by Gasteiger charge is -2.16. The molecular weight excluding hydrogens is 337 g/mol. The van der Waals surface area contributed by atoms with Gasteiger partial charge in [0.2, 0.25) is 5.91 Å². The fourth-order valence-corrected chi connectivity index (χ4v) is 3.65. The van der Waals surface area contributed by atoms with Crippen LogP contribution in [0.2, 0.25) is 0 Å². The molecular formula is C19H16FN3OS. The maximum absolute atomic E-state index is 13.1. The van der Waals surface area contributed by atoms with E-state index in [0.29, 0.717) is 6.54 Å². The first-order valence-electron chi connectivity index (χ1n) is 8.06. The van der Waals surface area contributed by atoms with Gasteiger partial charge in [0.1, 0.15) is 5.82 Å². The summed E-state index contributed by atoms with van der Waals surface area (Å²) in [5.74, 6) is -0.332. The lowest BCUT2D eigenvalue weighted by Crippen LogP contribution is -2.34. The number of benzene rings is 1. The molecule has 1 fully saturated rings. The Morgan fingerprint density at radius 1 is 1.16 bits per heavy atom. The van der Waals surface area contributed by atoms with Gasteiger partial charge >= 0.3 is 0 Å². The number of nitrogens with one attached hydrogen (secondary N) is 1. The van der Waals surface area contributed by atoms with Crippen LogP contribution in [0.4, 0.5) is 4.39 Å². The number of hydrogen-bond donors (Lipinski definition) is 1. The fourth-order valence-electron chi connectivity index (χ4n) is 3.01. The number of hydrogen-bond acceptors (Lipinski definition) is 4. The highest BCUT2D eigenvalue weighted by Gasteiger charge is 2.51. The van der Waals surface area contributed by atoms with E-state index in [0.717, 1.165) is 35.4 Å². The van der Waals surface area contributed by atoms with Crippen LogP contribution in [0.1, 0.15) is 24.1 Å². The van der Waals surface area contributed by atoms with E-state index in [-0.39, 0.29) is 11.7 Å². The van der Waals surface area contributed by atoms with E-state index < -0.39 is 5.41 Å². The van der Waals surface area contributed by atoms with Crippen LogP contribution in [0.5, 0.6) is 0 Å². The largest absolute Gasteiger partial charge is 0.350 e. The summed E-state index contributed by atoms with van der Waals surface area (Å²) in [6.07, 6.45) is 4.84. The molecule has 3 aromatic rings. The molecule has 4 rings (SSSR count). The summed E-state index contributed by atoms with van der Waals surface area (Å²) in [6, 6.07) is 8.18. The van der Waals surface area contributed by atoms with E-state index >= 15 is 0 Å². The zero-order valence-corrected chi connectivity index (χ0v) is 14.2. The van der Waals surface area contributed by atoms with Crippen molar-refractivity contribution in [3.05, 3.63) is 70.6 Å². The van der Waals surface area contributed by atoms with Gasteiger partial charge in [-0.3, -0.25) is 14.8 Å². The highest BCUT2D eigenvalue weighted by Crippen LogP contribution is 2.48. The molecule has 25 heavy (non-hydrogen) atoms. The minimum atomic E-state index is -0.529. The van der Waals surface area contributed by atoms with Gasteiger partial charge in [0.25, 0.3) is 0 Å². The molecule has 1 aliphatic carbocycles. The highest BCUT2D eigenvalue weighted by atomic mass is 32.1. The number of aromatic nitrogens is 2. The van der Waals surface area contributed by atoms with Crippen LogP contribution >= 0.6 is 11.3 Å². The van der Waals surface area contributed by atoms with Gasteiger partial charge in [-0.25, -0.2) is 4.39 Å². The lowest BCUT2D eigenvalue weighted by atomic mass is 9.95. The molecule has 6 heteroatoms. The summed E-state index contributed by atoms with van der Waals surface area (Å²) in [7, 11) is 0. The molecule has 0 spiro atoms. The predicted molar refractivity (Wildman–Crippen MR) is 94.5 cm³/mol. The first-order chi connectivity index (χ1) is 12.2. The predicted octanol–water partition coefficient (Wildman–Crippen LogP) is 3.69. The van der Waals surface area contributed by atoms with Crippen LogP contribution < -0.4 is 5.32 Å². The Kier molecular flexibility index (Phi) is 4.05. The van der Waals surface area contributed by atoms with E-state index in [1.165, 1.54) is 12.1 Å². The molecule has 0 aliphatic heterocycles. The Bertz CT molecular complexity index is 889. The second-order valence-corrected chi connectivity index (χ2v) is 6.92. The van der Waals surface area contributed by atoms with Crippen molar-refractivity contribution in [1.29, 1.82) is 0 Å². The molecule has 0 atom stereocenters. The van der Waals surface area contributed by atoms with E-state index in [1.807, 2.05) is 16.8 Å². The number of amides is 1. The number of nitrogens with zero attached hydrogens (tertiary/aromatic N) is 2. The maximum atomic E-state index is 13.1. The van der Waals surface area contributed by atoms with E-state index in [2.05, 4.69) is 15.3 Å². The van der Waals surface area contributed by atoms with E-state index in [9.17, 15) is 9.18 Å². The topological polar surface area (TPSA) is 54.9 Å². The molecule has 0 radical (unpaired) electrons. The van der Waals surface area contributed by atoms with Gasteiger partial charge in [0.15, 0.2) is 0 Å². The Hall–Kier alpha value is -2.60. The number of carbonyl (C=O) groups excluding carboxylic acids is 1. The number of carbonyl (C=O) groups is 1. The molecule has 0 bridgehead atoms. The second kappa shape index (κ2) is 6.37. The average Bonchev–Trinajstić information content (AvgIpc) is 3.27. The Labute approximate surface area is 148 Å². The van der Waals surface area contributed by atoms with E-state index in [4.69, 9.17) is 0 Å². The van der Waals surface area contributed by atoms with Crippen LogP contribution in [0.3, 0.4) is 0 Å². The van der Waals surface area contributed by atoms with Gasteiger partial charge in [-0.2, -0.15) is 11.3 Å². The first kappa shape index (κ1) is 15.9. The standard InChI is InChI=1S/C19H16FN3OS/c20-15-3-1-14(2-4-15)19(6-7-19)18(24)23-11-16-17(22-9-8-21-16)13-5-10-25-12-13/h1-5,8-10,12H,6-7,11H2,(H,23,24). The molecule has 126 valence electrons. The van der Waals surface area contributed by atoms with Crippen molar-refractivity contribution in [3.63, 3.8) is 0 Å². The number of halogens is 1. The summed E-state index contributed by atoms with van der Waals surface area (Å²) >= 11 is 1.59. The molecule has 2 aromatic heterocycles. The zero-order valence-electron chi connectivity index (χ0n) is 13.4. The van der Waals surface area contributed by atoms with Crippen LogP contribution in [0.25, 0.3) is 11.3 Å². The molecule has 1 N–H and O–H groups in total. The molecule has 0 saturated heterocycles. The molecule has 1 amide bonds. The van der Waals surface area contributed by atoms with Crippen LogP contribution in [-0.4, -0.2) is 15.9 Å². The number of rotatable bonds is 5. The van der Waals surface area contributed by atoms with Crippen molar-refractivity contribution in [1.82, 2.24) is 15.3 Å². The van der Waals surface area contributed by atoms with Gasteiger partial charge in [-0.05, 0) is 42.0 Å². The van der Waals surface area contributed by atoms with Crippen molar-refractivity contribution in [2.75, 3.05) is 0 Å². The third kappa shape index (κ3) is 3.05. The molecule has 4 nitrogen and oxygen atoms in total. The normalized spacial score (nSPS) is 14.9. The summed E-state index contributed by atoms with van der Waals surface area (Å²) < 4.78 is 13.1. The van der Waals surface area contributed by atoms with Crippen LogP contribution in [0, 0.1) is 5.82 Å². The van der Waals surface area contributed by atoms with Crippen molar-refractivity contribution in [2.24, 2.45) is 0 Å². The van der Waals surface area contributed by atoms with Gasteiger partial charge < -0.3 is 5.32 Å². The van der Waals surface area contributed by atoms with Crippen molar-refractivity contribution in [3.8, 4) is 11.3 Å². The molecule has 1 aliphatic rings. The zero-order chi connectivity index (χ0) is 17.3. The van der Waals surface area contributed by atoms with Crippen molar-refractivity contribution < 1.29 is 9.18 Å². The SMILES string of the molecule is O=C(NCc1nccnc1-c1ccsc1)C1(c2ccc(F)cc2)CC1. The van der Waals surface area contributed by atoms with Gasteiger partial charge in [-0.1, -0.05) is 12.1 Å². The van der Waals surface area contributed by atoms with Crippen molar-refractivity contribution >= 4 is 17.2 Å². The second-order valence-electron chi connectivity index (χ2n) is 6.14. The van der Waals surface area contributed by atoms with Crippen LogP contribution in [-0.2, 0) is 16.8 Å². The van der Waals surface area contributed by atoms with Gasteiger partial charge in [0.05, 0.1) is 23.3 Å². The lowest BCUT2D eigenvalue weighted by molar-refractivity contribution is -0.123. The molecule has 0 unspecified atom stereocenters. The summed E-state index contributed by atoms with van der Waals surface area (Å²) in [5.41, 5.74) is 2.86. The summed E-state index contributed by atoms with van der Waals surface area (Å²) in [5, 5.41) is 6.98. The monoisotopic (exact) mass is 353 g/mol. The minimum Gasteiger partial charge on any atom is -0.350 e. The Morgan fingerprint density at radius 2 is 1.92 bits per heavy atom. The summed E-state index contributed by atoms with van der Waals surface area (Å²) in [6.45, 7) is 0.320. The highest BCUT2D eigenvalue weighted by molar-refractivity contribution is 7.08. The van der Waals surface area contributed by atoms with Crippen molar-refractivity contribution in [2.45, 2.75) is 24.8 Å². The smallest absolute Gasteiger partial charge is 0.230 e. The summed E-state index contributed by atoms with van der Waals surface area (Å²) in [4.78, 5) is 21.5. The minimum absolute atomic E-state index is 0.0407. The first-order valence-corrected chi connectivity index (χ1v) is 9.00. The Morgan fingerprint density at radius 3 is 2.60 bits per heavy atom. The Balaban J connectivity index is 1.51. The maximum Gasteiger partial charge on any atom is 0.230 e.